The fourth-order valence-corrected chi connectivity index (χ4v) is 2.30. The van der Waals surface area contributed by atoms with E-state index in [1.54, 1.807) is 12.1 Å². The Morgan fingerprint density at radius 2 is 1.58 bits per heavy atom. The van der Waals surface area contributed by atoms with Gasteiger partial charge in [-0.2, -0.15) is 0 Å². The molecule has 0 saturated carbocycles. The number of thioether (sulfide) groups is 1. The lowest BCUT2D eigenvalue weighted by atomic mass is 10.3. The number of hydrogen-bond acceptors (Lipinski definition) is 2. The van der Waals surface area contributed by atoms with Gasteiger partial charge in [0.05, 0.1) is 0 Å². The van der Waals surface area contributed by atoms with Crippen LogP contribution in [0.5, 0.6) is 0 Å². The van der Waals surface area contributed by atoms with E-state index in [0.717, 1.165) is 11.8 Å². The maximum Gasteiger partial charge on any atom is 0.139 e. The third-order valence-electron chi connectivity index (χ3n) is 2.43. The molecular weight excluding hydrogens is 271 g/mol. The SMILES string of the molecule is Fc1ccc(NCCSc2ccc(F)cc2F)cc1. The van der Waals surface area contributed by atoms with Gasteiger partial charge in [-0.05, 0) is 36.4 Å². The summed E-state index contributed by atoms with van der Waals surface area (Å²) in [6, 6.07) is 9.54. The van der Waals surface area contributed by atoms with Crippen LogP contribution in [0.3, 0.4) is 0 Å². The lowest BCUT2D eigenvalue weighted by molar-refractivity contribution is 0.565. The first kappa shape index (κ1) is 13.8. The summed E-state index contributed by atoms with van der Waals surface area (Å²) >= 11 is 1.30. The zero-order valence-corrected chi connectivity index (χ0v) is 10.8. The predicted octanol–water partition coefficient (Wildman–Crippen LogP) is 4.31. The Morgan fingerprint density at radius 3 is 2.26 bits per heavy atom. The summed E-state index contributed by atoms with van der Waals surface area (Å²) in [5.74, 6) is -0.786. The molecule has 0 unspecified atom stereocenters. The van der Waals surface area contributed by atoms with Crippen LogP contribution >= 0.6 is 11.8 Å². The maximum absolute atomic E-state index is 13.3. The fraction of sp³-hybridized carbons (Fsp3) is 0.143. The van der Waals surface area contributed by atoms with Crippen LogP contribution in [-0.2, 0) is 0 Å². The highest BCUT2D eigenvalue weighted by Crippen LogP contribution is 2.22. The van der Waals surface area contributed by atoms with Gasteiger partial charge in [0, 0.05) is 28.9 Å². The number of halogens is 3. The first-order valence-electron chi connectivity index (χ1n) is 5.72. The summed E-state index contributed by atoms with van der Waals surface area (Å²) in [5.41, 5.74) is 0.807. The van der Waals surface area contributed by atoms with Crippen LogP contribution in [0.25, 0.3) is 0 Å². The summed E-state index contributed by atoms with van der Waals surface area (Å²) in [6.45, 7) is 0.604. The molecule has 0 spiro atoms. The van der Waals surface area contributed by atoms with Crippen molar-refractivity contribution in [1.82, 2.24) is 0 Å². The van der Waals surface area contributed by atoms with Gasteiger partial charge in [0.25, 0.3) is 0 Å². The highest BCUT2D eigenvalue weighted by Gasteiger charge is 2.03. The van der Waals surface area contributed by atoms with Gasteiger partial charge in [-0.3, -0.25) is 0 Å². The van der Waals surface area contributed by atoms with Crippen LogP contribution in [0.2, 0.25) is 0 Å². The first-order valence-corrected chi connectivity index (χ1v) is 6.71. The zero-order chi connectivity index (χ0) is 13.7. The maximum atomic E-state index is 13.3. The second kappa shape index (κ2) is 6.52. The lowest BCUT2D eigenvalue weighted by Gasteiger charge is -2.06. The molecule has 0 atom stereocenters. The molecule has 0 heterocycles. The van der Waals surface area contributed by atoms with Crippen LogP contribution in [0.4, 0.5) is 18.9 Å². The van der Waals surface area contributed by atoms with E-state index in [1.165, 1.54) is 36.0 Å². The summed E-state index contributed by atoms with van der Waals surface area (Å²) in [5, 5.41) is 3.09. The molecule has 0 fully saturated rings. The highest BCUT2D eigenvalue weighted by atomic mass is 32.2. The van der Waals surface area contributed by atoms with Crippen molar-refractivity contribution in [2.75, 3.05) is 17.6 Å². The minimum atomic E-state index is -0.578. The molecule has 0 bridgehead atoms. The lowest BCUT2D eigenvalue weighted by Crippen LogP contribution is -2.04. The number of nitrogens with one attached hydrogen (secondary N) is 1. The molecule has 0 amide bonds. The monoisotopic (exact) mass is 283 g/mol. The van der Waals surface area contributed by atoms with Gasteiger partial charge < -0.3 is 5.32 Å². The van der Waals surface area contributed by atoms with Crippen molar-refractivity contribution in [3.63, 3.8) is 0 Å². The van der Waals surface area contributed by atoms with E-state index in [4.69, 9.17) is 0 Å². The van der Waals surface area contributed by atoms with Crippen LogP contribution < -0.4 is 5.32 Å². The second-order valence-electron chi connectivity index (χ2n) is 3.86. The van der Waals surface area contributed by atoms with Crippen molar-refractivity contribution in [2.45, 2.75) is 4.90 Å². The smallest absolute Gasteiger partial charge is 0.139 e. The third kappa shape index (κ3) is 4.21. The molecule has 1 nitrogen and oxygen atoms in total. The highest BCUT2D eigenvalue weighted by molar-refractivity contribution is 7.99. The molecule has 100 valence electrons. The van der Waals surface area contributed by atoms with Gasteiger partial charge in [0.15, 0.2) is 0 Å². The van der Waals surface area contributed by atoms with Crippen LogP contribution in [0.15, 0.2) is 47.4 Å². The summed E-state index contributed by atoms with van der Waals surface area (Å²) in [7, 11) is 0. The number of rotatable bonds is 5. The Bertz CT molecular complexity index is 543. The molecule has 0 saturated heterocycles. The number of hydrogen-bond donors (Lipinski definition) is 1. The van der Waals surface area contributed by atoms with Crippen molar-refractivity contribution >= 4 is 17.4 Å². The van der Waals surface area contributed by atoms with Crippen molar-refractivity contribution < 1.29 is 13.2 Å². The molecule has 5 heteroatoms. The van der Waals surface area contributed by atoms with E-state index in [9.17, 15) is 13.2 Å². The molecule has 0 aliphatic heterocycles. The largest absolute Gasteiger partial charge is 0.384 e. The molecule has 0 radical (unpaired) electrons. The standard InChI is InChI=1S/C14H12F3NS/c15-10-1-4-12(5-2-10)18-7-8-19-14-6-3-11(16)9-13(14)17/h1-6,9,18H,7-8H2. The van der Waals surface area contributed by atoms with Crippen molar-refractivity contribution in [1.29, 1.82) is 0 Å². The minimum Gasteiger partial charge on any atom is -0.384 e. The predicted molar refractivity (Wildman–Crippen MR) is 72.0 cm³/mol. The minimum absolute atomic E-state index is 0.284. The average molecular weight is 283 g/mol. The topological polar surface area (TPSA) is 12.0 Å². The quantitative estimate of drug-likeness (QED) is 0.648. The Morgan fingerprint density at radius 1 is 0.895 bits per heavy atom. The second-order valence-corrected chi connectivity index (χ2v) is 4.99. The number of benzene rings is 2. The van der Waals surface area contributed by atoms with Gasteiger partial charge in [-0.1, -0.05) is 0 Å². The van der Waals surface area contributed by atoms with E-state index in [-0.39, 0.29) is 5.82 Å². The molecule has 0 aliphatic carbocycles. The summed E-state index contributed by atoms with van der Waals surface area (Å²) in [6.07, 6.45) is 0. The van der Waals surface area contributed by atoms with E-state index in [1.807, 2.05) is 0 Å². The fourth-order valence-electron chi connectivity index (χ4n) is 1.52. The number of anilines is 1. The third-order valence-corrected chi connectivity index (χ3v) is 3.48. The zero-order valence-electron chi connectivity index (χ0n) is 10.00. The molecule has 2 aromatic rings. The molecule has 0 aliphatic rings. The Balaban J connectivity index is 1.79. The van der Waals surface area contributed by atoms with Gasteiger partial charge in [0.2, 0.25) is 0 Å². The Labute approximate surface area is 113 Å². The summed E-state index contributed by atoms with van der Waals surface area (Å²) < 4.78 is 38.7. The molecular formula is C14H12F3NS. The van der Waals surface area contributed by atoms with Crippen molar-refractivity contribution in [3.8, 4) is 0 Å². The van der Waals surface area contributed by atoms with E-state index >= 15 is 0 Å². The molecule has 2 rings (SSSR count). The first-order chi connectivity index (χ1) is 9.15. The molecule has 2 aromatic carbocycles. The van der Waals surface area contributed by atoms with E-state index in [2.05, 4.69) is 5.32 Å². The molecule has 19 heavy (non-hydrogen) atoms. The Kier molecular flexibility index (Phi) is 4.74. The van der Waals surface area contributed by atoms with Crippen LogP contribution in [0, 0.1) is 17.5 Å². The Hall–Kier alpha value is -1.62. The van der Waals surface area contributed by atoms with Crippen LogP contribution in [0.1, 0.15) is 0 Å². The average Bonchev–Trinajstić information content (AvgIpc) is 2.39. The molecule has 0 aromatic heterocycles. The van der Waals surface area contributed by atoms with E-state index in [0.29, 0.717) is 17.2 Å². The van der Waals surface area contributed by atoms with Crippen molar-refractivity contribution in [3.05, 3.63) is 59.9 Å². The van der Waals surface area contributed by atoms with E-state index < -0.39 is 11.6 Å². The van der Waals surface area contributed by atoms with Gasteiger partial charge in [0.1, 0.15) is 17.5 Å². The van der Waals surface area contributed by atoms with Crippen LogP contribution in [-0.4, -0.2) is 12.3 Å². The van der Waals surface area contributed by atoms with Crippen molar-refractivity contribution in [2.24, 2.45) is 0 Å². The van der Waals surface area contributed by atoms with Gasteiger partial charge in [-0.15, -0.1) is 11.8 Å². The normalized spacial score (nSPS) is 10.5. The summed E-state index contributed by atoms with van der Waals surface area (Å²) in [4.78, 5) is 0.419. The van der Waals surface area contributed by atoms with Gasteiger partial charge in [-0.25, -0.2) is 13.2 Å². The molecule has 1 N–H and O–H groups in total. The van der Waals surface area contributed by atoms with Gasteiger partial charge >= 0.3 is 0 Å².